The van der Waals surface area contributed by atoms with Gasteiger partial charge in [-0.25, -0.2) is 9.59 Å². The number of halogens is 1. The van der Waals surface area contributed by atoms with Crippen molar-refractivity contribution in [3.8, 4) is 22.7 Å². The number of aromatic nitrogens is 1. The zero-order valence-corrected chi connectivity index (χ0v) is 21.8. The van der Waals surface area contributed by atoms with Gasteiger partial charge in [-0.15, -0.1) is 0 Å². The fourth-order valence-corrected chi connectivity index (χ4v) is 4.68. The summed E-state index contributed by atoms with van der Waals surface area (Å²) in [6.07, 6.45) is 0. The van der Waals surface area contributed by atoms with E-state index in [2.05, 4.69) is 0 Å². The second kappa shape index (κ2) is 10.1. The Hall–Kier alpha value is -4.11. The van der Waals surface area contributed by atoms with Gasteiger partial charge in [0.2, 0.25) is 11.8 Å². The molecule has 4 rings (SSSR count). The normalized spacial score (nSPS) is 14.4. The molecule has 3 aromatic rings. The third kappa shape index (κ3) is 4.35. The molecule has 1 aromatic heterocycles. The largest absolute Gasteiger partial charge is 0.497 e. The van der Waals surface area contributed by atoms with Gasteiger partial charge in [-0.1, -0.05) is 23.7 Å². The Bertz CT molecular complexity index is 1370. The maximum absolute atomic E-state index is 13.5. The van der Waals surface area contributed by atoms with Crippen LogP contribution in [0.15, 0.2) is 48.5 Å². The summed E-state index contributed by atoms with van der Waals surface area (Å²) in [6, 6.07) is 13.2. The third-order valence-corrected chi connectivity index (χ3v) is 6.64. The van der Waals surface area contributed by atoms with E-state index in [9.17, 15) is 19.2 Å². The average Bonchev–Trinajstić information content (AvgIpc) is 3.19. The van der Waals surface area contributed by atoms with Crippen LogP contribution in [0.1, 0.15) is 34.5 Å². The van der Waals surface area contributed by atoms with Crippen LogP contribution in [0.2, 0.25) is 5.02 Å². The molecule has 192 valence electrons. The standard InChI is InChI=1S/C27H26ClN3O6/c1-6-37-26(34)20-15(2)31(18-11-13-19(36-5)14-12-18)23(16-7-9-17(28)10-8-16)21(20)22-24(32)29(3)27(35)30(4)25(22)33/h7-14,22H,6H2,1-5H3. The van der Waals surface area contributed by atoms with Crippen LogP contribution < -0.4 is 4.74 Å². The van der Waals surface area contributed by atoms with Crippen LogP contribution in [0.5, 0.6) is 5.75 Å². The van der Waals surface area contributed by atoms with Gasteiger partial charge < -0.3 is 14.0 Å². The van der Waals surface area contributed by atoms with Gasteiger partial charge in [-0.05, 0) is 55.8 Å². The minimum Gasteiger partial charge on any atom is -0.497 e. The number of urea groups is 1. The van der Waals surface area contributed by atoms with Gasteiger partial charge in [0.15, 0.2) is 0 Å². The molecule has 37 heavy (non-hydrogen) atoms. The first-order chi connectivity index (χ1) is 17.6. The highest BCUT2D eigenvalue weighted by molar-refractivity contribution is 6.30. The minimum atomic E-state index is -1.45. The molecule has 0 radical (unpaired) electrons. The predicted molar refractivity (Wildman–Crippen MR) is 137 cm³/mol. The van der Waals surface area contributed by atoms with E-state index in [1.54, 1.807) is 74.1 Å². The van der Waals surface area contributed by atoms with Crippen molar-refractivity contribution in [2.24, 2.45) is 0 Å². The molecule has 1 aliphatic heterocycles. The second-order valence-corrected chi connectivity index (χ2v) is 8.93. The monoisotopic (exact) mass is 523 g/mol. The number of nitrogens with zero attached hydrogens (tertiary/aromatic N) is 3. The number of likely N-dealkylation sites (N-methyl/N-ethyl adjacent to an activating group) is 2. The van der Waals surface area contributed by atoms with Crippen molar-refractivity contribution in [2.75, 3.05) is 27.8 Å². The number of carbonyl (C=O) groups excluding carboxylic acids is 4. The summed E-state index contributed by atoms with van der Waals surface area (Å²) < 4.78 is 12.5. The lowest BCUT2D eigenvalue weighted by Crippen LogP contribution is -2.56. The number of ether oxygens (including phenoxy) is 2. The summed E-state index contributed by atoms with van der Waals surface area (Å²) in [4.78, 5) is 54.5. The Balaban J connectivity index is 2.13. The van der Waals surface area contributed by atoms with Crippen LogP contribution in [0, 0.1) is 6.92 Å². The molecule has 10 heteroatoms. The lowest BCUT2D eigenvalue weighted by atomic mass is 9.88. The third-order valence-electron chi connectivity index (χ3n) is 6.39. The van der Waals surface area contributed by atoms with E-state index < -0.39 is 29.7 Å². The number of hydrogen-bond acceptors (Lipinski definition) is 6. The molecule has 1 saturated heterocycles. The summed E-state index contributed by atoms with van der Waals surface area (Å²) in [5, 5.41) is 0.491. The minimum absolute atomic E-state index is 0.0884. The summed E-state index contributed by atoms with van der Waals surface area (Å²) in [5.41, 5.74) is 2.42. The quantitative estimate of drug-likeness (QED) is 0.350. The smallest absolute Gasteiger partial charge is 0.340 e. The first kappa shape index (κ1) is 26.0. The average molecular weight is 524 g/mol. The molecule has 0 saturated carbocycles. The molecule has 1 fully saturated rings. The molecule has 0 atom stereocenters. The van der Waals surface area contributed by atoms with Gasteiger partial charge in [0, 0.05) is 36.1 Å². The number of hydrogen-bond donors (Lipinski definition) is 0. The van der Waals surface area contributed by atoms with Crippen LogP contribution >= 0.6 is 11.6 Å². The van der Waals surface area contributed by atoms with Crippen LogP contribution in [0.4, 0.5) is 4.79 Å². The second-order valence-electron chi connectivity index (χ2n) is 8.49. The van der Waals surface area contributed by atoms with Gasteiger partial charge in [-0.2, -0.15) is 0 Å². The fourth-order valence-electron chi connectivity index (χ4n) is 4.56. The summed E-state index contributed by atoms with van der Waals surface area (Å²) in [5.74, 6) is -2.97. The molecule has 0 N–H and O–H groups in total. The van der Waals surface area contributed by atoms with Crippen molar-refractivity contribution in [1.82, 2.24) is 14.4 Å². The lowest BCUT2D eigenvalue weighted by molar-refractivity contribution is -0.143. The highest BCUT2D eigenvalue weighted by Crippen LogP contribution is 2.42. The van der Waals surface area contributed by atoms with E-state index in [0.717, 1.165) is 9.80 Å². The number of methoxy groups -OCH3 is 1. The molecule has 2 aromatic carbocycles. The van der Waals surface area contributed by atoms with E-state index in [-0.39, 0.29) is 17.7 Å². The zero-order valence-electron chi connectivity index (χ0n) is 21.1. The SMILES string of the molecule is CCOC(=O)c1c(C2C(=O)N(C)C(=O)N(C)C2=O)c(-c2ccc(Cl)cc2)n(-c2ccc(OC)cc2)c1C. The van der Waals surface area contributed by atoms with Crippen LogP contribution in [0.3, 0.4) is 0 Å². The molecule has 2 heterocycles. The summed E-state index contributed by atoms with van der Waals surface area (Å²) in [7, 11) is 4.17. The van der Waals surface area contributed by atoms with Gasteiger partial charge in [-0.3, -0.25) is 19.4 Å². The Kier molecular flexibility index (Phi) is 7.09. The molecular formula is C27H26ClN3O6. The Labute approximate surface area is 219 Å². The molecular weight excluding hydrogens is 498 g/mol. The number of carbonyl (C=O) groups is 4. The van der Waals surface area contributed by atoms with Gasteiger partial charge in [0.05, 0.1) is 25.0 Å². The number of benzene rings is 2. The predicted octanol–water partition coefficient (Wildman–Crippen LogP) is 4.43. The molecule has 9 nitrogen and oxygen atoms in total. The van der Waals surface area contributed by atoms with Gasteiger partial charge >= 0.3 is 12.0 Å². The van der Waals surface area contributed by atoms with Crippen LogP contribution in [-0.2, 0) is 14.3 Å². The lowest BCUT2D eigenvalue weighted by Gasteiger charge is -2.33. The Morgan fingerprint density at radius 2 is 1.51 bits per heavy atom. The first-order valence-corrected chi connectivity index (χ1v) is 11.9. The van der Waals surface area contributed by atoms with Crippen molar-refractivity contribution >= 4 is 35.4 Å². The number of imide groups is 2. The Morgan fingerprint density at radius 3 is 2.03 bits per heavy atom. The topological polar surface area (TPSA) is 98.2 Å². The van der Waals surface area contributed by atoms with Crippen molar-refractivity contribution in [1.29, 1.82) is 0 Å². The van der Waals surface area contributed by atoms with E-state index in [0.29, 0.717) is 33.4 Å². The van der Waals surface area contributed by atoms with Crippen molar-refractivity contribution < 1.29 is 28.7 Å². The maximum atomic E-state index is 13.5. The van der Waals surface area contributed by atoms with E-state index in [4.69, 9.17) is 21.1 Å². The first-order valence-electron chi connectivity index (χ1n) is 11.5. The van der Waals surface area contributed by atoms with E-state index >= 15 is 0 Å². The van der Waals surface area contributed by atoms with Gasteiger partial charge in [0.1, 0.15) is 11.7 Å². The highest BCUT2D eigenvalue weighted by Gasteiger charge is 2.47. The number of rotatable bonds is 6. The van der Waals surface area contributed by atoms with Crippen molar-refractivity contribution in [3.05, 3.63) is 70.4 Å². The molecule has 0 unspecified atom stereocenters. The number of amides is 4. The summed E-state index contributed by atoms with van der Waals surface area (Å²) in [6.45, 7) is 3.48. The van der Waals surface area contributed by atoms with Crippen LogP contribution in [-0.4, -0.2) is 66.0 Å². The molecule has 0 spiro atoms. The van der Waals surface area contributed by atoms with Crippen molar-refractivity contribution in [2.45, 2.75) is 19.8 Å². The fraction of sp³-hybridized carbons (Fsp3) is 0.259. The van der Waals surface area contributed by atoms with Crippen molar-refractivity contribution in [3.63, 3.8) is 0 Å². The van der Waals surface area contributed by atoms with E-state index in [1.807, 2.05) is 0 Å². The van der Waals surface area contributed by atoms with E-state index in [1.165, 1.54) is 14.1 Å². The molecule has 1 aliphatic rings. The molecule has 4 amide bonds. The Morgan fingerprint density at radius 1 is 0.946 bits per heavy atom. The molecule has 0 aliphatic carbocycles. The van der Waals surface area contributed by atoms with Crippen LogP contribution in [0.25, 0.3) is 16.9 Å². The summed E-state index contributed by atoms with van der Waals surface area (Å²) >= 11 is 6.15. The highest BCUT2D eigenvalue weighted by atomic mass is 35.5. The zero-order chi connectivity index (χ0) is 27.0. The van der Waals surface area contributed by atoms with Gasteiger partial charge in [0.25, 0.3) is 0 Å². The maximum Gasteiger partial charge on any atom is 0.340 e. The number of barbiturate groups is 1. The molecule has 0 bridgehead atoms. The number of esters is 1.